The Kier molecular flexibility index (Phi) is 3.68. The monoisotopic (exact) mass is 248 g/mol. The van der Waals surface area contributed by atoms with Crippen molar-refractivity contribution >= 4 is 11.3 Å². The van der Waals surface area contributed by atoms with Crippen molar-refractivity contribution in [3.8, 4) is 6.07 Å². The summed E-state index contributed by atoms with van der Waals surface area (Å²) in [6.07, 6.45) is 0. The maximum absolute atomic E-state index is 9.35. The van der Waals surface area contributed by atoms with Crippen LogP contribution in [-0.4, -0.2) is 0 Å². The maximum atomic E-state index is 9.35. The second-order valence-corrected chi connectivity index (χ2v) is 4.57. The van der Waals surface area contributed by atoms with Gasteiger partial charge in [-0.1, -0.05) is 42.5 Å². The molecule has 2 heteroatoms. The van der Waals surface area contributed by atoms with Gasteiger partial charge in [0.15, 0.2) is 0 Å². The summed E-state index contributed by atoms with van der Waals surface area (Å²) in [5.41, 5.74) is 11.3. The minimum absolute atomic E-state index is 0.517. The summed E-state index contributed by atoms with van der Waals surface area (Å²) in [7, 11) is 0. The quantitative estimate of drug-likeness (QED) is 0.651. The summed E-state index contributed by atoms with van der Waals surface area (Å²) in [5.74, 6) is 0. The molecule has 0 heterocycles. The highest BCUT2D eigenvalue weighted by atomic mass is 14.6. The van der Waals surface area contributed by atoms with Crippen molar-refractivity contribution in [2.45, 2.75) is 13.8 Å². The smallest absolute Gasteiger partial charge is 0.102 e. The summed E-state index contributed by atoms with van der Waals surface area (Å²) < 4.78 is 0. The van der Waals surface area contributed by atoms with E-state index in [0.717, 1.165) is 11.1 Å². The number of benzene rings is 2. The number of rotatable bonds is 2. The minimum Gasteiger partial charge on any atom is -0.397 e. The number of nitriles is 1. The third kappa shape index (κ3) is 2.66. The van der Waals surface area contributed by atoms with Crippen LogP contribution in [0.2, 0.25) is 0 Å². The SMILES string of the molecule is Cc1ccc(/C(N)=C(/C#N)c2ccccc2)cc1C. The van der Waals surface area contributed by atoms with Gasteiger partial charge in [0, 0.05) is 0 Å². The van der Waals surface area contributed by atoms with Crippen LogP contribution in [-0.2, 0) is 0 Å². The van der Waals surface area contributed by atoms with Gasteiger partial charge >= 0.3 is 0 Å². The molecule has 0 aliphatic heterocycles. The molecule has 0 aliphatic carbocycles. The Labute approximate surface area is 113 Å². The Bertz CT molecular complexity index is 661. The van der Waals surface area contributed by atoms with Gasteiger partial charge in [-0.15, -0.1) is 0 Å². The first kappa shape index (κ1) is 12.9. The lowest BCUT2D eigenvalue weighted by molar-refractivity contribution is 1.32. The molecular weight excluding hydrogens is 232 g/mol. The molecule has 2 rings (SSSR count). The molecule has 0 spiro atoms. The normalized spacial score (nSPS) is 11.6. The van der Waals surface area contributed by atoms with Crippen LogP contribution in [0.3, 0.4) is 0 Å². The molecule has 0 saturated heterocycles. The average molecular weight is 248 g/mol. The zero-order chi connectivity index (χ0) is 13.8. The third-order valence-electron chi connectivity index (χ3n) is 3.26. The average Bonchev–Trinajstić information content (AvgIpc) is 2.44. The van der Waals surface area contributed by atoms with Gasteiger partial charge in [-0.05, 0) is 42.2 Å². The molecule has 2 nitrogen and oxygen atoms in total. The summed E-state index contributed by atoms with van der Waals surface area (Å²) in [5, 5.41) is 9.35. The first-order valence-corrected chi connectivity index (χ1v) is 6.16. The van der Waals surface area contributed by atoms with Crippen LogP contribution >= 0.6 is 0 Å². The van der Waals surface area contributed by atoms with Crippen LogP contribution in [0.5, 0.6) is 0 Å². The summed E-state index contributed by atoms with van der Waals surface area (Å²) in [4.78, 5) is 0. The van der Waals surface area contributed by atoms with Crippen LogP contribution in [0.15, 0.2) is 48.5 Å². The van der Waals surface area contributed by atoms with Crippen molar-refractivity contribution in [2.24, 2.45) is 5.73 Å². The molecule has 0 radical (unpaired) electrons. The maximum Gasteiger partial charge on any atom is 0.102 e. The van der Waals surface area contributed by atoms with E-state index in [-0.39, 0.29) is 0 Å². The van der Waals surface area contributed by atoms with Gasteiger partial charge < -0.3 is 5.73 Å². The van der Waals surface area contributed by atoms with E-state index < -0.39 is 0 Å². The number of aryl methyl sites for hydroxylation is 2. The van der Waals surface area contributed by atoms with Gasteiger partial charge in [-0.2, -0.15) is 5.26 Å². The molecule has 2 aromatic carbocycles. The van der Waals surface area contributed by atoms with Crippen molar-refractivity contribution in [3.05, 3.63) is 70.8 Å². The van der Waals surface area contributed by atoms with E-state index in [0.29, 0.717) is 11.3 Å². The van der Waals surface area contributed by atoms with Crippen molar-refractivity contribution in [1.29, 1.82) is 5.26 Å². The van der Waals surface area contributed by atoms with Crippen molar-refractivity contribution in [1.82, 2.24) is 0 Å². The Morgan fingerprint density at radius 1 is 0.947 bits per heavy atom. The van der Waals surface area contributed by atoms with Gasteiger partial charge in [0.05, 0.1) is 11.3 Å². The molecular formula is C17H16N2. The zero-order valence-corrected chi connectivity index (χ0v) is 11.1. The van der Waals surface area contributed by atoms with Crippen LogP contribution in [0.4, 0.5) is 0 Å². The van der Waals surface area contributed by atoms with E-state index in [2.05, 4.69) is 13.0 Å². The lowest BCUT2D eigenvalue weighted by Crippen LogP contribution is -2.01. The van der Waals surface area contributed by atoms with Gasteiger partial charge in [0.25, 0.3) is 0 Å². The van der Waals surface area contributed by atoms with E-state index in [1.54, 1.807) is 0 Å². The van der Waals surface area contributed by atoms with E-state index in [9.17, 15) is 5.26 Å². The first-order valence-electron chi connectivity index (χ1n) is 6.16. The molecule has 0 bridgehead atoms. The van der Waals surface area contributed by atoms with Crippen LogP contribution in [0.1, 0.15) is 22.3 Å². The summed E-state index contributed by atoms with van der Waals surface area (Å²) >= 11 is 0. The standard InChI is InChI=1S/C17H16N2/c1-12-8-9-15(10-13(12)2)17(19)16(11-18)14-6-4-3-5-7-14/h3-10H,19H2,1-2H3/b17-16+. The predicted octanol–water partition coefficient (Wildman–Crippen LogP) is 3.65. The molecule has 0 saturated carbocycles. The second kappa shape index (κ2) is 5.41. The minimum atomic E-state index is 0.517. The molecule has 0 atom stereocenters. The predicted molar refractivity (Wildman–Crippen MR) is 79.0 cm³/mol. The molecule has 0 amide bonds. The Morgan fingerprint density at radius 2 is 1.63 bits per heavy atom. The Balaban J connectivity index is 2.56. The van der Waals surface area contributed by atoms with E-state index >= 15 is 0 Å². The fraction of sp³-hybridized carbons (Fsp3) is 0.118. The van der Waals surface area contributed by atoms with Gasteiger partial charge in [0.1, 0.15) is 6.07 Å². The highest BCUT2D eigenvalue weighted by Crippen LogP contribution is 2.23. The Morgan fingerprint density at radius 3 is 2.21 bits per heavy atom. The van der Waals surface area contributed by atoms with Crippen LogP contribution < -0.4 is 5.73 Å². The van der Waals surface area contributed by atoms with E-state index in [4.69, 9.17) is 5.73 Å². The third-order valence-corrected chi connectivity index (χ3v) is 3.26. The van der Waals surface area contributed by atoms with Gasteiger partial charge in [-0.3, -0.25) is 0 Å². The summed E-state index contributed by atoms with van der Waals surface area (Å²) in [6, 6.07) is 17.7. The van der Waals surface area contributed by atoms with Gasteiger partial charge in [-0.25, -0.2) is 0 Å². The molecule has 2 aromatic rings. The summed E-state index contributed by atoms with van der Waals surface area (Å²) in [6.45, 7) is 4.10. The van der Waals surface area contributed by atoms with Crippen molar-refractivity contribution in [3.63, 3.8) is 0 Å². The number of nitrogens with two attached hydrogens (primary N) is 1. The van der Waals surface area contributed by atoms with Gasteiger partial charge in [0.2, 0.25) is 0 Å². The van der Waals surface area contributed by atoms with Crippen LogP contribution in [0, 0.1) is 25.2 Å². The second-order valence-electron chi connectivity index (χ2n) is 4.57. The number of allylic oxidation sites excluding steroid dienone is 1. The lowest BCUT2D eigenvalue weighted by atomic mass is 9.98. The first-order chi connectivity index (χ1) is 9.13. The zero-order valence-electron chi connectivity index (χ0n) is 11.1. The van der Waals surface area contributed by atoms with E-state index in [1.807, 2.05) is 55.5 Å². The number of hydrogen-bond donors (Lipinski definition) is 1. The van der Waals surface area contributed by atoms with E-state index in [1.165, 1.54) is 11.1 Å². The van der Waals surface area contributed by atoms with Crippen LogP contribution in [0.25, 0.3) is 11.3 Å². The molecule has 0 aromatic heterocycles. The lowest BCUT2D eigenvalue weighted by Gasteiger charge is -2.08. The fourth-order valence-electron chi connectivity index (χ4n) is 1.94. The molecule has 0 fully saturated rings. The molecule has 0 unspecified atom stereocenters. The highest BCUT2D eigenvalue weighted by Gasteiger charge is 2.08. The van der Waals surface area contributed by atoms with Crippen molar-refractivity contribution < 1.29 is 0 Å². The largest absolute Gasteiger partial charge is 0.397 e. The highest BCUT2D eigenvalue weighted by molar-refractivity contribution is 5.96. The molecule has 2 N–H and O–H groups in total. The molecule has 19 heavy (non-hydrogen) atoms. The number of hydrogen-bond acceptors (Lipinski definition) is 2. The molecule has 94 valence electrons. The fourth-order valence-corrected chi connectivity index (χ4v) is 1.94. The molecule has 0 aliphatic rings. The topological polar surface area (TPSA) is 49.8 Å². The Hall–Kier alpha value is -2.53. The number of nitrogens with zero attached hydrogens (tertiary/aromatic N) is 1. The van der Waals surface area contributed by atoms with Crippen molar-refractivity contribution in [2.75, 3.05) is 0 Å².